The Morgan fingerprint density at radius 1 is 1.32 bits per heavy atom. The van der Waals surface area contributed by atoms with Crippen LogP contribution in [-0.2, 0) is 9.59 Å². The van der Waals surface area contributed by atoms with Gasteiger partial charge < -0.3 is 15.0 Å². The van der Waals surface area contributed by atoms with Gasteiger partial charge in [0.1, 0.15) is 5.75 Å². The molecular weight excluding hydrogens is 318 g/mol. The van der Waals surface area contributed by atoms with Crippen molar-refractivity contribution in [3.05, 3.63) is 29.8 Å². The van der Waals surface area contributed by atoms with Crippen molar-refractivity contribution in [2.45, 2.75) is 38.8 Å². The number of benzene rings is 1. The molecule has 1 fully saturated rings. The normalized spacial score (nSPS) is 16.6. The maximum absolute atomic E-state index is 12.4. The smallest absolute Gasteiger partial charge is 0.234 e. The maximum atomic E-state index is 12.4. The fourth-order valence-electron chi connectivity index (χ4n) is 3.22. The Labute approximate surface area is 150 Å². The Morgan fingerprint density at radius 2 is 1.96 bits per heavy atom. The number of nitrogens with one attached hydrogen (secondary N) is 1. The summed E-state index contributed by atoms with van der Waals surface area (Å²) < 4.78 is 5.41. The van der Waals surface area contributed by atoms with E-state index in [0.717, 1.165) is 24.2 Å². The minimum absolute atomic E-state index is 0.0190. The quantitative estimate of drug-likeness (QED) is 0.853. The van der Waals surface area contributed by atoms with Gasteiger partial charge in [-0.25, -0.2) is 0 Å². The van der Waals surface area contributed by atoms with Gasteiger partial charge >= 0.3 is 0 Å². The minimum Gasteiger partial charge on any atom is -0.496 e. The van der Waals surface area contributed by atoms with Crippen molar-refractivity contribution in [2.75, 3.05) is 33.8 Å². The number of likely N-dealkylation sites (N-methyl/N-ethyl adjacent to an activating group) is 1. The van der Waals surface area contributed by atoms with E-state index in [1.54, 1.807) is 14.0 Å². The van der Waals surface area contributed by atoms with Crippen LogP contribution in [0.5, 0.6) is 5.75 Å². The summed E-state index contributed by atoms with van der Waals surface area (Å²) in [5.74, 6) is 0.958. The molecule has 2 rings (SSSR count). The van der Waals surface area contributed by atoms with Gasteiger partial charge in [-0.15, -0.1) is 0 Å². The van der Waals surface area contributed by atoms with Gasteiger partial charge in [-0.05, 0) is 32.9 Å². The molecule has 1 saturated heterocycles. The summed E-state index contributed by atoms with van der Waals surface area (Å²) in [5, 5.41) is 3.09. The van der Waals surface area contributed by atoms with Crippen LogP contribution in [0.4, 0.5) is 0 Å². The van der Waals surface area contributed by atoms with Crippen molar-refractivity contribution < 1.29 is 14.3 Å². The third-order valence-electron chi connectivity index (χ3n) is 4.95. The van der Waals surface area contributed by atoms with Crippen LogP contribution in [0, 0.1) is 0 Å². The highest BCUT2D eigenvalue weighted by atomic mass is 16.5. The van der Waals surface area contributed by atoms with Gasteiger partial charge in [0.05, 0.1) is 13.7 Å². The minimum atomic E-state index is 0.0190. The molecule has 2 amide bonds. The predicted octanol–water partition coefficient (Wildman–Crippen LogP) is 1.82. The molecule has 1 aromatic rings. The second kappa shape index (κ2) is 8.85. The topological polar surface area (TPSA) is 61.9 Å². The molecule has 0 bridgehead atoms. The van der Waals surface area contributed by atoms with Gasteiger partial charge in [-0.3, -0.25) is 14.5 Å². The fourth-order valence-corrected chi connectivity index (χ4v) is 3.22. The number of hydrogen-bond acceptors (Lipinski definition) is 4. The van der Waals surface area contributed by atoms with Crippen molar-refractivity contribution >= 4 is 11.8 Å². The van der Waals surface area contributed by atoms with E-state index >= 15 is 0 Å². The van der Waals surface area contributed by atoms with Crippen molar-refractivity contribution in [2.24, 2.45) is 0 Å². The van der Waals surface area contributed by atoms with Gasteiger partial charge in [0.25, 0.3) is 0 Å². The second-order valence-electron chi connectivity index (χ2n) is 6.68. The van der Waals surface area contributed by atoms with E-state index in [2.05, 4.69) is 12.2 Å². The first-order valence-corrected chi connectivity index (χ1v) is 8.80. The lowest BCUT2D eigenvalue weighted by molar-refractivity contribution is -0.130. The van der Waals surface area contributed by atoms with Gasteiger partial charge in [0.2, 0.25) is 11.8 Å². The molecule has 1 aromatic carbocycles. The lowest BCUT2D eigenvalue weighted by Crippen LogP contribution is -2.48. The number of carbonyl (C=O) groups is 2. The zero-order valence-electron chi connectivity index (χ0n) is 15.6. The highest BCUT2D eigenvalue weighted by molar-refractivity contribution is 5.78. The highest BCUT2D eigenvalue weighted by Gasteiger charge is 2.23. The first kappa shape index (κ1) is 19.2. The number of likely N-dealkylation sites (tertiary alicyclic amines) is 1. The molecule has 1 aliphatic rings. The van der Waals surface area contributed by atoms with Crippen molar-refractivity contribution in [3.8, 4) is 5.75 Å². The first-order valence-electron chi connectivity index (χ1n) is 8.80. The summed E-state index contributed by atoms with van der Waals surface area (Å²) in [7, 11) is 3.60. The zero-order valence-corrected chi connectivity index (χ0v) is 15.6. The second-order valence-corrected chi connectivity index (χ2v) is 6.68. The number of ether oxygens (including phenoxy) is 1. The molecule has 6 heteroatoms. The van der Waals surface area contributed by atoms with E-state index in [0.29, 0.717) is 19.6 Å². The van der Waals surface area contributed by atoms with Crippen LogP contribution in [0.1, 0.15) is 38.3 Å². The van der Waals surface area contributed by atoms with Crippen LogP contribution in [0.25, 0.3) is 0 Å². The fraction of sp³-hybridized carbons (Fsp3) is 0.579. The summed E-state index contributed by atoms with van der Waals surface area (Å²) in [6.07, 6.45) is 1.63. The molecule has 0 radical (unpaired) electrons. The molecule has 138 valence electrons. The van der Waals surface area contributed by atoms with Crippen molar-refractivity contribution in [3.63, 3.8) is 0 Å². The maximum Gasteiger partial charge on any atom is 0.234 e. The van der Waals surface area contributed by atoms with Crippen LogP contribution in [0.3, 0.4) is 0 Å². The van der Waals surface area contributed by atoms with Crippen LogP contribution < -0.4 is 10.1 Å². The Bertz CT molecular complexity index is 597. The van der Waals surface area contributed by atoms with E-state index in [9.17, 15) is 9.59 Å². The molecule has 0 aliphatic carbocycles. The van der Waals surface area contributed by atoms with E-state index < -0.39 is 0 Å². The van der Waals surface area contributed by atoms with Crippen molar-refractivity contribution in [1.82, 2.24) is 15.1 Å². The summed E-state index contributed by atoms with van der Waals surface area (Å²) >= 11 is 0. The molecule has 25 heavy (non-hydrogen) atoms. The molecule has 0 saturated carbocycles. The SMILES string of the molecule is COc1ccccc1C(C)N(C)CC(=O)NC1CCN(C(C)=O)CC1. The Morgan fingerprint density at radius 3 is 2.56 bits per heavy atom. The number of rotatable bonds is 6. The van der Waals surface area contributed by atoms with Gasteiger partial charge in [0.15, 0.2) is 0 Å². The Hall–Kier alpha value is -2.08. The van der Waals surface area contributed by atoms with Gasteiger partial charge in [0, 0.05) is 37.7 Å². The summed E-state index contributed by atoms with van der Waals surface area (Å²) in [4.78, 5) is 27.6. The average molecular weight is 347 g/mol. The van der Waals surface area contributed by atoms with E-state index in [-0.39, 0.29) is 23.9 Å². The monoisotopic (exact) mass is 347 g/mol. The van der Waals surface area contributed by atoms with Crippen molar-refractivity contribution in [1.29, 1.82) is 0 Å². The largest absolute Gasteiger partial charge is 0.496 e. The van der Waals surface area contributed by atoms with E-state index in [1.165, 1.54) is 0 Å². The molecule has 1 heterocycles. The third-order valence-corrected chi connectivity index (χ3v) is 4.95. The predicted molar refractivity (Wildman–Crippen MR) is 97.5 cm³/mol. The van der Waals surface area contributed by atoms with Crippen LogP contribution in [0.2, 0.25) is 0 Å². The zero-order chi connectivity index (χ0) is 18.4. The molecule has 6 nitrogen and oxygen atoms in total. The number of methoxy groups -OCH3 is 1. The molecule has 0 spiro atoms. The van der Waals surface area contributed by atoms with Gasteiger partial charge in [-0.1, -0.05) is 18.2 Å². The number of para-hydroxylation sites is 1. The number of carbonyl (C=O) groups excluding carboxylic acids is 2. The van der Waals surface area contributed by atoms with Crippen LogP contribution in [0.15, 0.2) is 24.3 Å². The molecule has 1 atom stereocenters. The van der Waals surface area contributed by atoms with Crippen LogP contribution in [-0.4, -0.2) is 61.4 Å². The summed E-state index contributed by atoms with van der Waals surface area (Å²) in [6, 6.07) is 8.09. The molecule has 1 unspecified atom stereocenters. The van der Waals surface area contributed by atoms with Gasteiger partial charge in [-0.2, -0.15) is 0 Å². The molecule has 1 N–H and O–H groups in total. The number of piperidine rings is 1. The number of hydrogen-bond donors (Lipinski definition) is 1. The first-order chi connectivity index (χ1) is 11.9. The Kier molecular flexibility index (Phi) is 6.82. The standard InChI is InChI=1S/C19H29N3O3/c1-14(17-7-5-6-8-18(17)25-4)21(3)13-19(24)20-16-9-11-22(12-10-16)15(2)23/h5-8,14,16H,9-13H2,1-4H3,(H,20,24). The number of nitrogens with zero attached hydrogens (tertiary/aromatic N) is 2. The summed E-state index contributed by atoms with van der Waals surface area (Å²) in [5.41, 5.74) is 1.06. The summed E-state index contributed by atoms with van der Waals surface area (Å²) in [6.45, 7) is 5.41. The van der Waals surface area contributed by atoms with E-state index in [4.69, 9.17) is 4.74 Å². The Balaban J connectivity index is 1.85. The van der Waals surface area contributed by atoms with E-state index in [1.807, 2.05) is 41.1 Å². The number of amides is 2. The lowest BCUT2D eigenvalue weighted by atomic mass is 10.0. The molecular formula is C19H29N3O3. The lowest BCUT2D eigenvalue weighted by Gasteiger charge is -2.32. The molecule has 0 aromatic heterocycles. The third kappa shape index (κ3) is 5.19. The van der Waals surface area contributed by atoms with Crippen LogP contribution >= 0.6 is 0 Å². The average Bonchev–Trinajstić information content (AvgIpc) is 2.61. The molecule has 1 aliphatic heterocycles. The highest BCUT2D eigenvalue weighted by Crippen LogP contribution is 2.27.